The van der Waals surface area contributed by atoms with Crippen LogP contribution in [-0.2, 0) is 6.54 Å². The molecule has 0 bridgehead atoms. The number of hydrogen-bond donors (Lipinski definition) is 1. The fourth-order valence-corrected chi connectivity index (χ4v) is 3.66. The molecular weight excluding hydrogens is 246 g/mol. The topological polar surface area (TPSA) is 42.1 Å². The van der Waals surface area contributed by atoms with Crippen LogP contribution in [0.2, 0.25) is 0 Å². The zero-order valence-corrected chi connectivity index (χ0v) is 13.2. The van der Waals surface area contributed by atoms with Crippen LogP contribution < -0.4 is 5.73 Å². The molecule has 1 aliphatic carbocycles. The fraction of sp³-hybridized carbons (Fsp3) is 0.706. The van der Waals surface area contributed by atoms with Crippen molar-refractivity contribution in [3.63, 3.8) is 0 Å². The molecule has 2 unspecified atom stereocenters. The van der Waals surface area contributed by atoms with E-state index in [4.69, 9.17) is 5.73 Å². The third-order valence-corrected chi connectivity index (χ3v) is 5.00. The molecule has 112 valence electrons. The van der Waals surface area contributed by atoms with Crippen molar-refractivity contribution in [2.75, 3.05) is 13.1 Å². The third kappa shape index (κ3) is 3.21. The molecule has 2 rings (SSSR count). The van der Waals surface area contributed by atoms with Crippen molar-refractivity contribution in [1.29, 1.82) is 0 Å². The van der Waals surface area contributed by atoms with Gasteiger partial charge in [0.1, 0.15) is 0 Å². The maximum absolute atomic E-state index is 6.18. The molecule has 20 heavy (non-hydrogen) atoms. The average Bonchev–Trinajstić information content (AvgIpc) is 2.89. The second kappa shape index (κ2) is 6.68. The summed E-state index contributed by atoms with van der Waals surface area (Å²) in [7, 11) is 0. The first kappa shape index (κ1) is 15.5. The Kier molecular flexibility index (Phi) is 5.17. The van der Waals surface area contributed by atoms with Gasteiger partial charge in [-0.15, -0.1) is 0 Å². The lowest BCUT2D eigenvalue weighted by Gasteiger charge is -2.40. The number of aryl methyl sites for hydroxylation is 1. The lowest BCUT2D eigenvalue weighted by Crippen LogP contribution is -2.51. The smallest absolute Gasteiger partial charge is 0.0547 e. The van der Waals surface area contributed by atoms with E-state index < -0.39 is 0 Å². The van der Waals surface area contributed by atoms with Gasteiger partial charge in [-0.05, 0) is 50.8 Å². The first-order valence-electron chi connectivity index (χ1n) is 8.01. The number of hydrogen-bond acceptors (Lipinski definition) is 3. The molecule has 2 atom stereocenters. The first-order chi connectivity index (χ1) is 9.63. The molecule has 0 saturated heterocycles. The molecule has 1 aromatic rings. The van der Waals surface area contributed by atoms with Crippen molar-refractivity contribution >= 4 is 0 Å². The van der Waals surface area contributed by atoms with Crippen LogP contribution >= 0.6 is 0 Å². The molecule has 0 amide bonds. The minimum atomic E-state index is 0.195. The van der Waals surface area contributed by atoms with Crippen LogP contribution in [0.1, 0.15) is 50.9 Å². The predicted octanol–water partition coefficient (Wildman–Crippen LogP) is 3.12. The maximum atomic E-state index is 6.18. The molecule has 3 nitrogen and oxygen atoms in total. The number of nitrogens with zero attached hydrogens (tertiary/aromatic N) is 2. The average molecular weight is 275 g/mol. The minimum Gasteiger partial charge on any atom is -0.329 e. The van der Waals surface area contributed by atoms with E-state index in [0.717, 1.165) is 31.2 Å². The summed E-state index contributed by atoms with van der Waals surface area (Å²) in [6, 6.07) is 6.29. The van der Waals surface area contributed by atoms with E-state index in [1.54, 1.807) is 0 Å². The van der Waals surface area contributed by atoms with Crippen LogP contribution in [-0.4, -0.2) is 28.5 Å². The van der Waals surface area contributed by atoms with Crippen molar-refractivity contribution in [3.05, 3.63) is 29.6 Å². The highest BCUT2D eigenvalue weighted by atomic mass is 15.2. The van der Waals surface area contributed by atoms with Crippen LogP contribution in [0.3, 0.4) is 0 Å². The molecule has 0 spiro atoms. The van der Waals surface area contributed by atoms with Crippen molar-refractivity contribution in [1.82, 2.24) is 9.88 Å². The lowest BCUT2D eigenvalue weighted by molar-refractivity contribution is 0.0912. The molecular formula is C17H29N3. The number of nitrogens with two attached hydrogens (primary N) is 1. The Hall–Kier alpha value is -0.930. The van der Waals surface area contributed by atoms with Crippen molar-refractivity contribution < 1.29 is 0 Å². The fourth-order valence-electron chi connectivity index (χ4n) is 3.66. The van der Waals surface area contributed by atoms with Crippen LogP contribution in [0.4, 0.5) is 0 Å². The van der Waals surface area contributed by atoms with Gasteiger partial charge in [0.25, 0.3) is 0 Å². The van der Waals surface area contributed by atoms with Crippen LogP contribution in [0, 0.1) is 12.8 Å². The van der Waals surface area contributed by atoms with Gasteiger partial charge in [0.15, 0.2) is 0 Å². The molecule has 2 N–H and O–H groups in total. The normalized spacial score (nSPS) is 26.4. The molecule has 0 radical (unpaired) electrons. The summed E-state index contributed by atoms with van der Waals surface area (Å²) < 4.78 is 0. The predicted molar refractivity (Wildman–Crippen MR) is 84.5 cm³/mol. The summed E-state index contributed by atoms with van der Waals surface area (Å²) in [6.07, 6.45) is 5.09. The zero-order chi connectivity index (χ0) is 14.6. The van der Waals surface area contributed by atoms with Gasteiger partial charge in [-0.1, -0.05) is 26.3 Å². The van der Waals surface area contributed by atoms with Crippen LogP contribution in [0.15, 0.2) is 18.2 Å². The largest absolute Gasteiger partial charge is 0.329 e. The van der Waals surface area contributed by atoms with Gasteiger partial charge in [0, 0.05) is 24.3 Å². The minimum absolute atomic E-state index is 0.195. The van der Waals surface area contributed by atoms with Gasteiger partial charge in [0.05, 0.1) is 5.69 Å². The van der Waals surface area contributed by atoms with Crippen molar-refractivity contribution in [2.45, 2.75) is 58.5 Å². The van der Waals surface area contributed by atoms with Crippen LogP contribution in [0.25, 0.3) is 0 Å². The van der Waals surface area contributed by atoms with E-state index in [9.17, 15) is 0 Å². The highest BCUT2D eigenvalue weighted by Gasteiger charge is 2.41. The van der Waals surface area contributed by atoms with Crippen molar-refractivity contribution in [3.8, 4) is 0 Å². The molecule has 1 aromatic heterocycles. The van der Waals surface area contributed by atoms with E-state index in [1.807, 2.05) is 0 Å². The molecule has 1 aliphatic rings. The summed E-state index contributed by atoms with van der Waals surface area (Å²) in [5.74, 6) is 0.845. The Morgan fingerprint density at radius 2 is 2.20 bits per heavy atom. The monoisotopic (exact) mass is 275 g/mol. The molecule has 0 aliphatic heterocycles. The second-order valence-electron chi connectivity index (χ2n) is 6.23. The number of aromatic nitrogens is 1. The highest BCUT2D eigenvalue weighted by molar-refractivity contribution is 5.11. The van der Waals surface area contributed by atoms with E-state index in [-0.39, 0.29) is 5.54 Å². The molecule has 1 fully saturated rings. The van der Waals surface area contributed by atoms with Gasteiger partial charge in [0.2, 0.25) is 0 Å². The summed E-state index contributed by atoms with van der Waals surface area (Å²) in [5, 5.41) is 0. The Bertz CT molecular complexity index is 432. The Morgan fingerprint density at radius 1 is 1.40 bits per heavy atom. The van der Waals surface area contributed by atoms with Gasteiger partial charge in [-0.3, -0.25) is 9.88 Å². The summed E-state index contributed by atoms with van der Waals surface area (Å²) in [4.78, 5) is 7.21. The number of rotatable bonds is 6. The van der Waals surface area contributed by atoms with E-state index in [0.29, 0.717) is 0 Å². The van der Waals surface area contributed by atoms with E-state index >= 15 is 0 Å². The summed E-state index contributed by atoms with van der Waals surface area (Å²) >= 11 is 0. The first-order valence-corrected chi connectivity index (χ1v) is 8.01. The summed E-state index contributed by atoms with van der Waals surface area (Å²) in [5.41, 5.74) is 8.64. The number of pyridine rings is 1. The summed E-state index contributed by atoms with van der Waals surface area (Å²) in [6.45, 7) is 9.33. The van der Waals surface area contributed by atoms with E-state index in [2.05, 4.69) is 48.9 Å². The second-order valence-corrected chi connectivity index (χ2v) is 6.23. The van der Waals surface area contributed by atoms with E-state index in [1.165, 1.54) is 31.4 Å². The molecule has 3 heteroatoms. The van der Waals surface area contributed by atoms with Gasteiger partial charge >= 0.3 is 0 Å². The molecule has 0 aromatic carbocycles. The van der Waals surface area contributed by atoms with Gasteiger partial charge in [-0.25, -0.2) is 0 Å². The maximum Gasteiger partial charge on any atom is 0.0547 e. The Morgan fingerprint density at radius 3 is 2.75 bits per heavy atom. The Balaban J connectivity index is 2.14. The molecule has 1 heterocycles. The lowest BCUT2D eigenvalue weighted by atomic mass is 9.92. The Labute approximate surface area is 123 Å². The SMILES string of the molecule is CCC1CCC(CN)(N(CC)Cc2cccc(C)n2)C1. The van der Waals surface area contributed by atoms with Gasteiger partial charge in [-0.2, -0.15) is 0 Å². The van der Waals surface area contributed by atoms with Crippen LogP contribution in [0.5, 0.6) is 0 Å². The standard InChI is InChI=1S/C17H29N3/c1-4-15-9-10-17(11-15,13-18)20(5-2)12-16-8-6-7-14(3)19-16/h6-8,15H,4-5,9-13,18H2,1-3H3. The highest BCUT2D eigenvalue weighted by Crippen LogP contribution is 2.40. The third-order valence-electron chi connectivity index (χ3n) is 5.00. The number of likely N-dealkylation sites (N-methyl/N-ethyl adjacent to an activating group) is 1. The van der Waals surface area contributed by atoms with Gasteiger partial charge < -0.3 is 5.73 Å². The van der Waals surface area contributed by atoms with Crippen molar-refractivity contribution in [2.24, 2.45) is 11.7 Å². The zero-order valence-electron chi connectivity index (χ0n) is 13.2. The molecule has 1 saturated carbocycles. The quantitative estimate of drug-likeness (QED) is 0.867.